The van der Waals surface area contributed by atoms with Crippen LogP contribution in [0.5, 0.6) is 0 Å². The fraction of sp³-hybridized carbons (Fsp3) is 0.200. The van der Waals surface area contributed by atoms with E-state index in [9.17, 15) is 0 Å². The molecule has 110 valence electrons. The fourth-order valence-electron chi connectivity index (χ4n) is 2.04. The van der Waals surface area contributed by atoms with Gasteiger partial charge in [0.2, 0.25) is 0 Å². The summed E-state index contributed by atoms with van der Waals surface area (Å²) >= 11 is 0. The van der Waals surface area contributed by atoms with E-state index in [-0.39, 0.29) is 0 Å². The molecule has 1 aliphatic carbocycles. The smallest absolute Gasteiger partial charge is 0.0476 e. The van der Waals surface area contributed by atoms with E-state index in [0.717, 1.165) is 0 Å². The van der Waals surface area contributed by atoms with Gasteiger partial charge in [0, 0.05) is 18.4 Å². The molecule has 0 aliphatic heterocycles. The molecule has 0 fully saturated rings. The van der Waals surface area contributed by atoms with Crippen LogP contribution in [0.2, 0.25) is 0 Å². The van der Waals surface area contributed by atoms with Crippen LogP contribution in [0.1, 0.15) is 13.8 Å². The van der Waals surface area contributed by atoms with Crippen LogP contribution in [0.25, 0.3) is 0 Å². The second-order valence-corrected chi connectivity index (χ2v) is 5.00. The summed E-state index contributed by atoms with van der Waals surface area (Å²) in [5.74, 6) is 0.418. The number of hydrogen-bond donors (Lipinski definition) is 0. The molecule has 0 N–H and O–H groups in total. The van der Waals surface area contributed by atoms with Crippen molar-refractivity contribution in [1.82, 2.24) is 4.90 Å². The molecule has 0 bridgehead atoms. The standard InChI is InChI=1S/C20H25N/c1-6-8-10-13-18(4)21(5)20-15-11-12-17(3)16-19(20)14-9-7-2/h6-17H,1-2H2,3-5H3/b10-8-,14-9-,18-13+. The Morgan fingerprint density at radius 2 is 1.90 bits per heavy atom. The van der Waals surface area contributed by atoms with Gasteiger partial charge in [0.05, 0.1) is 0 Å². The predicted molar refractivity (Wildman–Crippen MR) is 94.7 cm³/mol. The largest absolute Gasteiger partial charge is 0.348 e. The van der Waals surface area contributed by atoms with Crippen molar-refractivity contribution in [2.75, 3.05) is 7.05 Å². The number of allylic oxidation sites excluding steroid dienone is 12. The Morgan fingerprint density at radius 3 is 2.57 bits per heavy atom. The highest BCUT2D eigenvalue weighted by Crippen LogP contribution is 2.24. The number of nitrogens with zero attached hydrogens (tertiary/aromatic N) is 1. The highest BCUT2D eigenvalue weighted by molar-refractivity contribution is 5.45. The van der Waals surface area contributed by atoms with Gasteiger partial charge < -0.3 is 4.90 Å². The van der Waals surface area contributed by atoms with Gasteiger partial charge >= 0.3 is 0 Å². The minimum atomic E-state index is 0.418. The maximum Gasteiger partial charge on any atom is 0.0476 e. The molecule has 0 heterocycles. The molecule has 0 aromatic rings. The summed E-state index contributed by atoms with van der Waals surface area (Å²) in [5.41, 5.74) is 3.55. The van der Waals surface area contributed by atoms with Crippen LogP contribution in [-0.2, 0) is 0 Å². The maximum atomic E-state index is 3.75. The van der Waals surface area contributed by atoms with Gasteiger partial charge in [-0.3, -0.25) is 0 Å². The van der Waals surface area contributed by atoms with Gasteiger partial charge in [0.15, 0.2) is 0 Å². The van der Waals surface area contributed by atoms with Crippen molar-refractivity contribution in [3.8, 4) is 0 Å². The number of hydrogen-bond acceptors (Lipinski definition) is 1. The molecule has 1 aliphatic rings. The van der Waals surface area contributed by atoms with Gasteiger partial charge in [-0.15, -0.1) is 0 Å². The molecule has 0 aromatic carbocycles. The van der Waals surface area contributed by atoms with Crippen LogP contribution >= 0.6 is 0 Å². The summed E-state index contributed by atoms with van der Waals surface area (Å²) in [4.78, 5) is 2.19. The average Bonchev–Trinajstić information content (AvgIpc) is 2.65. The summed E-state index contributed by atoms with van der Waals surface area (Å²) in [6, 6.07) is 0. The minimum Gasteiger partial charge on any atom is -0.348 e. The van der Waals surface area contributed by atoms with E-state index in [2.05, 4.69) is 75.4 Å². The Morgan fingerprint density at radius 1 is 1.19 bits per heavy atom. The average molecular weight is 279 g/mol. The molecule has 1 atom stereocenters. The molecule has 1 nitrogen and oxygen atoms in total. The molecule has 0 spiro atoms. The van der Waals surface area contributed by atoms with Crippen LogP contribution < -0.4 is 0 Å². The first-order valence-electron chi connectivity index (χ1n) is 7.19. The first-order valence-corrected chi connectivity index (χ1v) is 7.19. The summed E-state index contributed by atoms with van der Waals surface area (Å²) in [6.45, 7) is 11.7. The lowest BCUT2D eigenvalue weighted by atomic mass is 10.1. The topological polar surface area (TPSA) is 3.24 Å². The van der Waals surface area contributed by atoms with Crippen molar-refractivity contribution >= 4 is 0 Å². The lowest BCUT2D eigenvalue weighted by Gasteiger charge is -2.24. The van der Waals surface area contributed by atoms with Crippen molar-refractivity contribution in [3.05, 3.63) is 97.0 Å². The second-order valence-electron chi connectivity index (χ2n) is 5.00. The van der Waals surface area contributed by atoms with E-state index in [0.29, 0.717) is 5.92 Å². The molecule has 0 saturated carbocycles. The van der Waals surface area contributed by atoms with Crippen molar-refractivity contribution in [1.29, 1.82) is 0 Å². The molecule has 0 amide bonds. The second kappa shape index (κ2) is 8.80. The highest BCUT2D eigenvalue weighted by Gasteiger charge is 2.11. The van der Waals surface area contributed by atoms with E-state index < -0.39 is 0 Å². The van der Waals surface area contributed by atoms with E-state index in [1.807, 2.05) is 18.2 Å². The molecule has 21 heavy (non-hydrogen) atoms. The van der Waals surface area contributed by atoms with Gasteiger partial charge in [0.25, 0.3) is 0 Å². The molecule has 0 radical (unpaired) electrons. The Labute approximate surface area is 129 Å². The number of likely N-dealkylation sites (N-methyl/N-ethyl adjacent to an activating group) is 1. The van der Waals surface area contributed by atoms with Gasteiger partial charge in [0.1, 0.15) is 0 Å². The predicted octanol–water partition coefficient (Wildman–Crippen LogP) is 5.32. The lowest BCUT2D eigenvalue weighted by Crippen LogP contribution is -2.16. The van der Waals surface area contributed by atoms with Crippen molar-refractivity contribution in [2.45, 2.75) is 13.8 Å². The third-order valence-electron chi connectivity index (χ3n) is 3.29. The van der Waals surface area contributed by atoms with Crippen LogP contribution in [-0.4, -0.2) is 11.9 Å². The quantitative estimate of drug-likeness (QED) is 0.595. The maximum absolute atomic E-state index is 3.75. The van der Waals surface area contributed by atoms with E-state index >= 15 is 0 Å². The summed E-state index contributed by atoms with van der Waals surface area (Å²) in [7, 11) is 2.08. The molecule has 1 heteroatoms. The van der Waals surface area contributed by atoms with Gasteiger partial charge in [-0.25, -0.2) is 0 Å². The zero-order valence-corrected chi connectivity index (χ0v) is 13.3. The van der Waals surface area contributed by atoms with E-state index in [4.69, 9.17) is 0 Å². The normalized spacial score (nSPS) is 19.4. The Bertz CT molecular complexity index is 550. The fourth-order valence-corrected chi connectivity index (χ4v) is 2.04. The number of rotatable bonds is 6. The molecule has 0 saturated heterocycles. The molecule has 1 rings (SSSR count). The molecular formula is C20H25N. The van der Waals surface area contributed by atoms with E-state index in [1.165, 1.54) is 17.0 Å². The zero-order chi connectivity index (χ0) is 15.7. The summed E-state index contributed by atoms with van der Waals surface area (Å²) in [6.07, 6.45) is 22.4. The molecule has 0 aromatic heterocycles. The van der Waals surface area contributed by atoms with Crippen molar-refractivity contribution in [3.63, 3.8) is 0 Å². The van der Waals surface area contributed by atoms with E-state index in [1.54, 1.807) is 12.2 Å². The third kappa shape index (κ3) is 5.31. The van der Waals surface area contributed by atoms with Crippen LogP contribution in [0.4, 0.5) is 0 Å². The van der Waals surface area contributed by atoms with Gasteiger partial charge in [-0.2, -0.15) is 0 Å². The first-order chi connectivity index (χ1) is 10.1. The summed E-state index contributed by atoms with van der Waals surface area (Å²) < 4.78 is 0. The Kier molecular flexibility index (Phi) is 7.03. The minimum absolute atomic E-state index is 0.418. The molecule has 1 unspecified atom stereocenters. The summed E-state index contributed by atoms with van der Waals surface area (Å²) in [5, 5.41) is 0. The van der Waals surface area contributed by atoms with Crippen molar-refractivity contribution < 1.29 is 0 Å². The third-order valence-corrected chi connectivity index (χ3v) is 3.29. The monoisotopic (exact) mass is 279 g/mol. The van der Waals surface area contributed by atoms with Crippen molar-refractivity contribution in [2.24, 2.45) is 5.92 Å². The van der Waals surface area contributed by atoms with Gasteiger partial charge in [-0.1, -0.05) is 74.8 Å². The highest BCUT2D eigenvalue weighted by atomic mass is 15.1. The first kappa shape index (κ1) is 16.8. The van der Waals surface area contributed by atoms with Crippen LogP contribution in [0.3, 0.4) is 0 Å². The SMILES string of the molecule is C=C/C=C\C=C(/C)N(C)C1=CC=CC(C)C=C1/C=C\C=C. The van der Waals surface area contributed by atoms with Crippen LogP contribution in [0.15, 0.2) is 97.0 Å². The zero-order valence-electron chi connectivity index (χ0n) is 13.3. The molecular weight excluding hydrogens is 254 g/mol. The Hall–Kier alpha value is -2.28. The lowest BCUT2D eigenvalue weighted by molar-refractivity contribution is 0.532. The Balaban J connectivity index is 3.10. The van der Waals surface area contributed by atoms with Gasteiger partial charge in [-0.05, 0) is 30.6 Å². The van der Waals surface area contributed by atoms with Crippen LogP contribution in [0, 0.1) is 5.92 Å².